The van der Waals surface area contributed by atoms with Crippen LogP contribution in [-0.4, -0.2) is 11.7 Å². The highest BCUT2D eigenvalue weighted by molar-refractivity contribution is 5.39. The summed E-state index contributed by atoms with van der Waals surface area (Å²) in [7, 11) is 0. The Morgan fingerprint density at radius 2 is 1.62 bits per heavy atom. The maximum atomic E-state index is 13.6. The van der Waals surface area contributed by atoms with Crippen molar-refractivity contribution >= 4 is 0 Å². The molecule has 3 heteroatoms. The molecule has 1 N–H and O–H groups in total. The minimum Gasteiger partial charge on any atom is -0.487 e. The summed E-state index contributed by atoms with van der Waals surface area (Å²) in [4.78, 5) is 0. The lowest BCUT2D eigenvalue weighted by molar-refractivity contribution is 0.105. The number of aliphatic hydroxyl groups excluding tert-OH is 1. The van der Waals surface area contributed by atoms with Gasteiger partial charge in [0.05, 0.1) is 0 Å². The van der Waals surface area contributed by atoms with Crippen LogP contribution in [0.2, 0.25) is 0 Å². The van der Waals surface area contributed by atoms with Gasteiger partial charge in [0.2, 0.25) is 0 Å². The maximum absolute atomic E-state index is 13.6. The molecule has 0 fully saturated rings. The summed E-state index contributed by atoms with van der Waals surface area (Å²) in [6.45, 7) is 7.86. The lowest BCUT2D eigenvalue weighted by Gasteiger charge is -2.18. The first kappa shape index (κ1) is 15.5. The molecule has 0 heterocycles. The molecular formula is C18H21FO2. The third-order valence-electron chi connectivity index (χ3n) is 3.55. The molecule has 1 unspecified atom stereocenters. The average molecular weight is 288 g/mol. The molecule has 0 aliphatic rings. The van der Waals surface area contributed by atoms with Crippen molar-refractivity contribution in [2.24, 2.45) is 0 Å². The molecule has 0 saturated heterocycles. The van der Waals surface area contributed by atoms with Crippen LogP contribution in [0.15, 0.2) is 30.3 Å². The molecule has 0 aromatic heterocycles. The van der Waals surface area contributed by atoms with E-state index in [-0.39, 0.29) is 12.4 Å². The minimum atomic E-state index is -0.773. The van der Waals surface area contributed by atoms with E-state index in [9.17, 15) is 9.50 Å². The van der Waals surface area contributed by atoms with Gasteiger partial charge in [-0.1, -0.05) is 23.8 Å². The molecule has 1 atom stereocenters. The van der Waals surface area contributed by atoms with Crippen molar-refractivity contribution in [1.29, 1.82) is 0 Å². The normalized spacial score (nSPS) is 12.3. The lowest BCUT2D eigenvalue weighted by atomic mass is 9.96. The molecule has 0 radical (unpaired) electrons. The Kier molecular flexibility index (Phi) is 4.63. The largest absolute Gasteiger partial charge is 0.487 e. The fourth-order valence-electron chi connectivity index (χ4n) is 2.69. The highest BCUT2D eigenvalue weighted by atomic mass is 19.1. The van der Waals surface area contributed by atoms with Crippen LogP contribution < -0.4 is 4.74 Å². The van der Waals surface area contributed by atoms with Crippen LogP contribution in [0, 0.1) is 33.5 Å². The summed E-state index contributed by atoms with van der Waals surface area (Å²) in [5, 5.41) is 10.3. The zero-order valence-corrected chi connectivity index (χ0v) is 12.9. The van der Waals surface area contributed by atoms with E-state index in [4.69, 9.17) is 4.74 Å². The SMILES string of the molecule is Cc1cc(C)c(C(O)COc2cc(C)ccc2F)c(C)c1. The third-order valence-corrected chi connectivity index (χ3v) is 3.55. The lowest BCUT2D eigenvalue weighted by Crippen LogP contribution is -2.13. The number of rotatable bonds is 4. The van der Waals surface area contributed by atoms with Crippen molar-refractivity contribution in [3.8, 4) is 5.75 Å². The predicted octanol–water partition coefficient (Wildman–Crippen LogP) is 4.17. The number of benzene rings is 2. The van der Waals surface area contributed by atoms with E-state index in [0.717, 1.165) is 27.8 Å². The van der Waals surface area contributed by atoms with Crippen LogP contribution >= 0.6 is 0 Å². The smallest absolute Gasteiger partial charge is 0.165 e. The summed E-state index contributed by atoms with van der Waals surface area (Å²) >= 11 is 0. The molecule has 0 saturated carbocycles. The predicted molar refractivity (Wildman–Crippen MR) is 82.2 cm³/mol. The molecule has 2 nitrogen and oxygen atoms in total. The van der Waals surface area contributed by atoms with E-state index in [1.54, 1.807) is 12.1 Å². The van der Waals surface area contributed by atoms with Crippen molar-refractivity contribution in [2.45, 2.75) is 33.8 Å². The molecule has 0 spiro atoms. The van der Waals surface area contributed by atoms with E-state index >= 15 is 0 Å². The van der Waals surface area contributed by atoms with Gasteiger partial charge in [-0.15, -0.1) is 0 Å². The number of halogens is 1. The Labute approximate surface area is 125 Å². The van der Waals surface area contributed by atoms with Gasteiger partial charge < -0.3 is 9.84 Å². The van der Waals surface area contributed by atoms with Gasteiger partial charge in [-0.2, -0.15) is 0 Å². The fourth-order valence-corrected chi connectivity index (χ4v) is 2.69. The fraction of sp³-hybridized carbons (Fsp3) is 0.333. The highest BCUT2D eigenvalue weighted by Gasteiger charge is 2.15. The van der Waals surface area contributed by atoms with Crippen LogP contribution in [0.4, 0.5) is 4.39 Å². The Hall–Kier alpha value is -1.87. The molecule has 2 rings (SSSR count). The molecule has 0 bridgehead atoms. The van der Waals surface area contributed by atoms with Crippen LogP contribution in [-0.2, 0) is 0 Å². The van der Waals surface area contributed by atoms with Crippen LogP contribution in [0.5, 0.6) is 5.75 Å². The van der Waals surface area contributed by atoms with Gasteiger partial charge in [-0.25, -0.2) is 4.39 Å². The second-order valence-corrected chi connectivity index (χ2v) is 5.57. The number of aryl methyl sites for hydroxylation is 4. The Balaban J connectivity index is 2.15. The topological polar surface area (TPSA) is 29.5 Å². The zero-order valence-electron chi connectivity index (χ0n) is 12.9. The monoisotopic (exact) mass is 288 g/mol. The quantitative estimate of drug-likeness (QED) is 0.915. The average Bonchev–Trinajstić information content (AvgIpc) is 2.38. The van der Waals surface area contributed by atoms with Gasteiger partial charge in [-0.05, 0) is 62.1 Å². The summed E-state index contributed by atoms with van der Waals surface area (Å²) < 4.78 is 19.1. The van der Waals surface area contributed by atoms with Crippen molar-refractivity contribution in [3.63, 3.8) is 0 Å². The Morgan fingerprint density at radius 1 is 1.00 bits per heavy atom. The molecule has 0 amide bonds. The van der Waals surface area contributed by atoms with E-state index in [1.165, 1.54) is 6.07 Å². The summed E-state index contributed by atoms with van der Waals surface area (Å²) in [6.07, 6.45) is -0.773. The summed E-state index contributed by atoms with van der Waals surface area (Å²) in [6, 6.07) is 8.75. The molecule has 21 heavy (non-hydrogen) atoms. The van der Waals surface area contributed by atoms with Crippen LogP contribution in [0.25, 0.3) is 0 Å². The summed E-state index contributed by atoms with van der Waals surface area (Å²) in [5.74, 6) is -0.235. The minimum absolute atomic E-state index is 0.0329. The number of aliphatic hydroxyl groups is 1. The number of hydrogen-bond donors (Lipinski definition) is 1. The zero-order chi connectivity index (χ0) is 15.6. The summed E-state index contributed by atoms with van der Waals surface area (Å²) in [5.41, 5.74) is 4.98. The van der Waals surface area contributed by atoms with Crippen molar-refractivity contribution in [3.05, 3.63) is 64.0 Å². The van der Waals surface area contributed by atoms with Crippen molar-refractivity contribution in [1.82, 2.24) is 0 Å². The van der Waals surface area contributed by atoms with Crippen molar-refractivity contribution in [2.75, 3.05) is 6.61 Å². The first-order valence-electron chi connectivity index (χ1n) is 7.03. The van der Waals surface area contributed by atoms with Gasteiger partial charge in [0.25, 0.3) is 0 Å². The number of hydrogen-bond acceptors (Lipinski definition) is 2. The molecule has 2 aromatic carbocycles. The first-order chi connectivity index (χ1) is 9.88. The highest BCUT2D eigenvalue weighted by Crippen LogP contribution is 2.25. The first-order valence-corrected chi connectivity index (χ1v) is 7.03. The van der Waals surface area contributed by atoms with Crippen molar-refractivity contribution < 1.29 is 14.2 Å². The van der Waals surface area contributed by atoms with Crippen LogP contribution in [0.1, 0.15) is 33.9 Å². The van der Waals surface area contributed by atoms with Crippen LogP contribution in [0.3, 0.4) is 0 Å². The van der Waals surface area contributed by atoms with E-state index in [1.807, 2.05) is 39.8 Å². The molecule has 0 aliphatic carbocycles. The van der Waals surface area contributed by atoms with Gasteiger partial charge in [0.1, 0.15) is 12.7 Å². The van der Waals surface area contributed by atoms with Gasteiger partial charge in [-0.3, -0.25) is 0 Å². The van der Waals surface area contributed by atoms with E-state index < -0.39 is 11.9 Å². The Bertz CT molecular complexity index is 627. The Morgan fingerprint density at radius 3 is 2.24 bits per heavy atom. The van der Waals surface area contributed by atoms with Gasteiger partial charge in [0, 0.05) is 0 Å². The standard InChI is InChI=1S/C18H21FO2/c1-11-5-6-15(19)17(9-11)21-10-16(20)18-13(3)7-12(2)8-14(18)4/h5-9,16,20H,10H2,1-4H3. The van der Waals surface area contributed by atoms with Gasteiger partial charge >= 0.3 is 0 Å². The van der Waals surface area contributed by atoms with Gasteiger partial charge in [0.15, 0.2) is 11.6 Å². The molecule has 0 aliphatic heterocycles. The molecule has 112 valence electrons. The second-order valence-electron chi connectivity index (χ2n) is 5.57. The molecular weight excluding hydrogens is 267 g/mol. The number of ether oxygens (including phenoxy) is 1. The third kappa shape index (κ3) is 3.61. The maximum Gasteiger partial charge on any atom is 0.165 e. The van der Waals surface area contributed by atoms with E-state index in [0.29, 0.717) is 0 Å². The second kappa shape index (κ2) is 6.27. The molecule has 2 aromatic rings. The van der Waals surface area contributed by atoms with E-state index in [2.05, 4.69) is 0 Å².